The van der Waals surface area contributed by atoms with Gasteiger partial charge in [0.05, 0.1) is 0 Å². The molecule has 0 heterocycles. The molecule has 0 amide bonds. The van der Waals surface area contributed by atoms with E-state index in [4.69, 9.17) is 0 Å². The molecule has 0 aromatic heterocycles. The van der Waals surface area contributed by atoms with Crippen LogP contribution in [0.1, 0.15) is 0 Å². The van der Waals surface area contributed by atoms with Crippen molar-refractivity contribution >= 4 is 19.8 Å². The summed E-state index contributed by atoms with van der Waals surface area (Å²) in [7, 11) is 0. The molecule has 0 aliphatic rings. The van der Waals surface area contributed by atoms with Gasteiger partial charge in [0.1, 0.15) is 0 Å². The first-order valence-electron chi connectivity index (χ1n) is 0. The number of hydrogen-bond acceptors (Lipinski definition) is 0. The zero-order valence-electron chi connectivity index (χ0n) is 3.06. The van der Waals surface area contributed by atoms with Crippen LogP contribution in [0.15, 0.2) is 0 Å². The van der Waals surface area contributed by atoms with Crippen molar-refractivity contribution < 1.29 is 91.1 Å². The average molecular weight is 513 g/mol. The fourth-order valence-corrected chi connectivity index (χ4v) is 0. The third kappa shape index (κ3) is 42.6. The van der Waals surface area contributed by atoms with E-state index in [0.717, 1.165) is 0 Å². The van der Waals surface area contributed by atoms with Crippen molar-refractivity contribution in [2.24, 2.45) is 0 Å². The zero-order chi connectivity index (χ0) is 0. The summed E-state index contributed by atoms with van der Waals surface area (Å²) in [4.78, 5) is 0. The molecule has 0 fully saturated rings. The summed E-state index contributed by atoms with van der Waals surface area (Å²) in [6.07, 6.45) is 0. The molecule has 0 saturated heterocycles. The molecule has 1 nitrogen and oxygen atoms in total. The summed E-state index contributed by atoms with van der Waals surface area (Å²) in [6, 6.07) is 0. The predicted molar refractivity (Wildman–Crippen MR) is 22.9 cm³/mol. The smallest absolute Gasteiger partial charge is 1.00 e. The van der Waals surface area contributed by atoms with E-state index in [0.29, 0.717) is 0 Å². The first-order valence-corrected chi connectivity index (χ1v) is 0. The molecule has 0 radical (unpaired) electrons. The zero-order valence-corrected chi connectivity index (χ0v) is 12.0. The van der Waals surface area contributed by atoms with Gasteiger partial charge in [0.25, 0.3) is 0 Å². The fraction of sp³-hybridized carbons (Fsp3) is 0. The summed E-state index contributed by atoms with van der Waals surface area (Å²) in [5, 5.41) is 0. The number of hydrogen-bond donors (Lipinski definition) is 0. The molecule has 0 rings (SSSR count). The van der Waals surface area contributed by atoms with Gasteiger partial charge in [-0.1, -0.05) is 0 Å². The van der Waals surface area contributed by atoms with Crippen molar-refractivity contribution in [3.05, 3.63) is 0 Å². The third-order valence-electron chi connectivity index (χ3n) is 0. The van der Waals surface area contributed by atoms with Crippen LogP contribution >= 0.6 is 19.8 Å². The fourth-order valence-electron chi connectivity index (χ4n) is 0. The van der Waals surface area contributed by atoms with E-state index in [1.165, 1.54) is 0 Å². The molecular formula is H6Ag2OP2Pd2. The van der Waals surface area contributed by atoms with Gasteiger partial charge in [-0.15, -0.1) is 0 Å². The van der Waals surface area contributed by atoms with Crippen molar-refractivity contribution in [1.29, 1.82) is 0 Å². The van der Waals surface area contributed by atoms with E-state index < -0.39 is 0 Å². The van der Waals surface area contributed by atoms with Gasteiger partial charge in [0.15, 0.2) is 0 Å². The second-order valence-corrected chi connectivity index (χ2v) is 0. The molecule has 7 heavy (non-hydrogen) atoms. The Bertz CT molecular complexity index is 13.7. The van der Waals surface area contributed by atoms with E-state index in [-0.39, 0.29) is 111 Å². The van der Waals surface area contributed by atoms with Crippen molar-refractivity contribution in [1.82, 2.24) is 0 Å². The Labute approximate surface area is 109 Å². The maximum Gasteiger partial charge on any atom is 1.00 e. The van der Waals surface area contributed by atoms with Gasteiger partial charge in [-0.25, -0.2) is 0 Å². The minimum atomic E-state index is 0. The van der Waals surface area contributed by atoms with Crippen molar-refractivity contribution in [2.45, 2.75) is 0 Å². The minimum absolute atomic E-state index is 0. The van der Waals surface area contributed by atoms with Crippen LogP contribution in [0.25, 0.3) is 0 Å². The largest absolute Gasteiger partial charge is 2.00 e. The molecule has 7 heteroatoms. The Morgan fingerprint density at radius 2 is 0.571 bits per heavy atom. The minimum Gasteiger partial charge on any atom is -2.00 e. The Hall–Kier alpha value is 3.63. The first kappa shape index (κ1) is 74.9. The van der Waals surface area contributed by atoms with Crippen LogP contribution in [-0.2, 0) is 91.1 Å². The summed E-state index contributed by atoms with van der Waals surface area (Å²) in [5.74, 6) is 0. The van der Waals surface area contributed by atoms with Gasteiger partial charge in [-0.05, 0) is 0 Å². The molecule has 0 N–H and O–H groups in total. The predicted octanol–water partition coefficient (Wildman–Crippen LogP) is -0.0126. The second kappa shape index (κ2) is 54.5. The Balaban J connectivity index is 0. The summed E-state index contributed by atoms with van der Waals surface area (Å²) < 4.78 is 0. The normalized spacial score (nSPS) is 0. The van der Waals surface area contributed by atoms with Gasteiger partial charge in [0.2, 0.25) is 0 Å². The van der Waals surface area contributed by atoms with Gasteiger partial charge < -0.3 is 5.48 Å². The van der Waals surface area contributed by atoms with E-state index in [2.05, 4.69) is 0 Å². The molecular weight excluding hydrogens is 507 g/mol. The second-order valence-electron chi connectivity index (χ2n) is 0. The van der Waals surface area contributed by atoms with Gasteiger partial charge in [0, 0.05) is 40.8 Å². The Kier molecular flexibility index (Phi) is 583. The maximum absolute atomic E-state index is 0. The van der Waals surface area contributed by atoms with Gasteiger partial charge in [-0.3, -0.25) is 0 Å². The van der Waals surface area contributed by atoms with Crippen molar-refractivity contribution in [2.75, 3.05) is 0 Å². The first-order chi connectivity index (χ1) is 0. The van der Waals surface area contributed by atoms with Crippen LogP contribution in [0.2, 0.25) is 0 Å². The molecule has 0 aliphatic heterocycles. The van der Waals surface area contributed by atoms with Crippen LogP contribution in [0.3, 0.4) is 0 Å². The van der Waals surface area contributed by atoms with Crippen LogP contribution in [0, 0.1) is 0 Å². The monoisotopic (exact) mass is 510 g/mol. The third-order valence-corrected chi connectivity index (χ3v) is 0. The molecule has 0 saturated carbocycles. The maximum atomic E-state index is 0. The summed E-state index contributed by atoms with van der Waals surface area (Å²) in [5.41, 5.74) is 0. The Morgan fingerprint density at radius 1 is 0.571 bits per heavy atom. The van der Waals surface area contributed by atoms with E-state index in [1.54, 1.807) is 0 Å². The molecule has 64 valence electrons. The quantitative estimate of drug-likeness (QED) is 0.323. The average Bonchev–Trinajstić information content (AvgIpc) is 0. The SMILES string of the molecule is P.P.[Ag+].[Ag+].[O-2].[Pd].[Pd]. The standard InChI is InChI=1S/2Ag.O.2H3P.2Pd/h;;;2*1H3;;/q2*+1;-2;;;;. The molecule has 2 unspecified atom stereocenters. The van der Waals surface area contributed by atoms with Crippen LogP contribution in [0.4, 0.5) is 0 Å². The summed E-state index contributed by atoms with van der Waals surface area (Å²) >= 11 is 0. The molecule has 0 aliphatic carbocycles. The topological polar surface area (TPSA) is 28.5 Å². The molecule has 2 atom stereocenters. The van der Waals surface area contributed by atoms with Gasteiger partial charge in [-0.2, -0.15) is 19.8 Å². The van der Waals surface area contributed by atoms with Crippen LogP contribution < -0.4 is 0 Å². The van der Waals surface area contributed by atoms with Crippen molar-refractivity contribution in [3.8, 4) is 0 Å². The van der Waals surface area contributed by atoms with E-state index in [1.807, 2.05) is 0 Å². The van der Waals surface area contributed by atoms with Crippen LogP contribution in [0.5, 0.6) is 0 Å². The molecule has 0 bridgehead atoms. The van der Waals surface area contributed by atoms with E-state index in [9.17, 15) is 0 Å². The van der Waals surface area contributed by atoms with Crippen LogP contribution in [-0.4, -0.2) is 0 Å². The molecule has 0 aromatic rings. The molecule has 0 spiro atoms. The Morgan fingerprint density at radius 3 is 0.571 bits per heavy atom. The molecule has 0 aromatic carbocycles. The van der Waals surface area contributed by atoms with Gasteiger partial charge >= 0.3 is 44.8 Å². The van der Waals surface area contributed by atoms with Crippen molar-refractivity contribution in [3.63, 3.8) is 0 Å². The number of rotatable bonds is 0. The van der Waals surface area contributed by atoms with E-state index >= 15 is 0 Å². The summed E-state index contributed by atoms with van der Waals surface area (Å²) in [6.45, 7) is 0.